The second kappa shape index (κ2) is 5.47. The van der Waals surface area contributed by atoms with Gasteiger partial charge in [0.1, 0.15) is 5.82 Å². The van der Waals surface area contributed by atoms with Gasteiger partial charge in [-0.25, -0.2) is 4.39 Å². The van der Waals surface area contributed by atoms with E-state index in [9.17, 15) is 9.18 Å². The van der Waals surface area contributed by atoms with E-state index >= 15 is 0 Å². The van der Waals surface area contributed by atoms with E-state index < -0.39 is 5.82 Å². The first kappa shape index (κ1) is 12.5. The van der Waals surface area contributed by atoms with Crippen molar-refractivity contribution in [3.63, 3.8) is 0 Å². The number of carbonyl (C=O) groups is 1. The summed E-state index contributed by atoms with van der Waals surface area (Å²) < 4.78 is 13.4. The number of carbonyl (C=O) groups excluding carboxylic acids is 1. The van der Waals surface area contributed by atoms with Crippen molar-refractivity contribution in [2.24, 2.45) is 0 Å². The molecule has 1 aromatic rings. The van der Waals surface area contributed by atoms with Crippen molar-refractivity contribution >= 4 is 33.4 Å². The molecule has 0 aromatic heterocycles. The molecule has 0 bridgehead atoms. The SMILES string of the molecule is CN(CCBr)C(=O)c1ccc(Cl)cc1F. The van der Waals surface area contributed by atoms with Crippen molar-refractivity contribution in [1.29, 1.82) is 0 Å². The first-order chi connectivity index (χ1) is 7.06. The second-order valence-corrected chi connectivity index (χ2v) is 4.27. The highest BCUT2D eigenvalue weighted by Gasteiger charge is 2.15. The largest absolute Gasteiger partial charge is 0.341 e. The molecule has 0 fully saturated rings. The topological polar surface area (TPSA) is 20.3 Å². The van der Waals surface area contributed by atoms with Crippen LogP contribution in [0.1, 0.15) is 10.4 Å². The van der Waals surface area contributed by atoms with Crippen LogP contribution in [0.15, 0.2) is 18.2 Å². The van der Waals surface area contributed by atoms with Crippen LogP contribution >= 0.6 is 27.5 Å². The minimum atomic E-state index is -0.589. The molecule has 0 aliphatic heterocycles. The molecule has 0 atom stereocenters. The first-order valence-electron chi connectivity index (χ1n) is 4.32. The van der Waals surface area contributed by atoms with Gasteiger partial charge in [0.25, 0.3) is 5.91 Å². The van der Waals surface area contributed by atoms with Gasteiger partial charge < -0.3 is 4.90 Å². The molecule has 1 rings (SSSR count). The third kappa shape index (κ3) is 3.18. The standard InChI is InChI=1S/C10H10BrClFNO/c1-14(5-4-11)10(15)8-3-2-7(12)6-9(8)13/h2-3,6H,4-5H2,1H3. The van der Waals surface area contributed by atoms with Crippen molar-refractivity contribution in [2.45, 2.75) is 0 Å². The van der Waals surface area contributed by atoms with Crippen LogP contribution in [0.3, 0.4) is 0 Å². The van der Waals surface area contributed by atoms with E-state index in [1.54, 1.807) is 7.05 Å². The van der Waals surface area contributed by atoms with E-state index in [0.717, 1.165) is 6.07 Å². The molecule has 2 nitrogen and oxygen atoms in total. The number of halogens is 3. The Morgan fingerprint density at radius 1 is 1.60 bits per heavy atom. The fourth-order valence-corrected chi connectivity index (χ4v) is 1.79. The Kier molecular flexibility index (Phi) is 4.54. The van der Waals surface area contributed by atoms with Crippen LogP contribution in [-0.4, -0.2) is 29.7 Å². The molecule has 0 heterocycles. The van der Waals surface area contributed by atoms with Crippen LogP contribution in [-0.2, 0) is 0 Å². The van der Waals surface area contributed by atoms with Crippen LogP contribution in [0.5, 0.6) is 0 Å². The maximum atomic E-state index is 13.4. The summed E-state index contributed by atoms with van der Waals surface area (Å²) in [4.78, 5) is 13.1. The third-order valence-corrected chi connectivity index (χ3v) is 2.52. The van der Waals surface area contributed by atoms with E-state index in [0.29, 0.717) is 11.9 Å². The molecule has 0 unspecified atom stereocenters. The number of rotatable bonds is 3. The Bertz CT molecular complexity index is 372. The molecule has 15 heavy (non-hydrogen) atoms. The van der Waals surface area contributed by atoms with E-state index in [2.05, 4.69) is 15.9 Å². The molecular formula is C10H10BrClFNO. The van der Waals surface area contributed by atoms with Gasteiger partial charge in [-0.3, -0.25) is 4.79 Å². The van der Waals surface area contributed by atoms with Crippen LogP contribution in [0, 0.1) is 5.82 Å². The number of hydrogen-bond acceptors (Lipinski definition) is 1. The first-order valence-corrected chi connectivity index (χ1v) is 5.82. The zero-order valence-corrected chi connectivity index (χ0v) is 10.5. The molecule has 1 amide bonds. The van der Waals surface area contributed by atoms with Crippen LogP contribution in [0.2, 0.25) is 5.02 Å². The van der Waals surface area contributed by atoms with E-state index in [1.165, 1.54) is 17.0 Å². The maximum Gasteiger partial charge on any atom is 0.256 e. The van der Waals surface area contributed by atoms with Gasteiger partial charge in [0.15, 0.2) is 0 Å². The monoisotopic (exact) mass is 293 g/mol. The molecule has 82 valence electrons. The van der Waals surface area contributed by atoms with E-state index in [4.69, 9.17) is 11.6 Å². The van der Waals surface area contributed by atoms with Gasteiger partial charge in [0.2, 0.25) is 0 Å². The molecule has 0 N–H and O–H groups in total. The fourth-order valence-electron chi connectivity index (χ4n) is 1.10. The molecule has 0 saturated carbocycles. The van der Waals surface area contributed by atoms with Crippen molar-refractivity contribution < 1.29 is 9.18 Å². The average Bonchev–Trinajstić information content (AvgIpc) is 2.17. The molecule has 0 radical (unpaired) electrons. The van der Waals surface area contributed by atoms with Crippen molar-refractivity contribution in [2.75, 3.05) is 18.9 Å². The highest BCUT2D eigenvalue weighted by atomic mass is 79.9. The summed E-state index contributed by atoms with van der Waals surface area (Å²) in [6.45, 7) is 0.529. The fraction of sp³-hybridized carbons (Fsp3) is 0.300. The Morgan fingerprint density at radius 2 is 2.27 bits per heavy atom. The average molecular weight is 295 g/mol. The molecule has 5 heteroatoms. The predicted octanol–water partition coefficient (Wildman–Crippen LogP) is 2.95. The lowest BCUT2D eigenvalue weighted by molar-refractivity contribution is 0.0799. The van der Waals surface area contributed by atoms with Crippen molar-refractivity contribution in [3.8, 4) is 0 Å². The number of amides is 1. The zero-order chi connectivity index (χ0) is 11.4. The summed E-state index contributed by atoms with van der Waals surface area (Å²) in [6.07, 6.45) is 0. The number of benzene rings is 1. The molecule has 0 spiro atoms. The Labute approximate surface area is 101 Å². The van der Waals surface area contributed by atoms with Crippen molar-refractivity contribution in [1.82, 2.24) is 4.90 Å². The van der Waals surface area contributed by atoms with Crippen molar-refractivity contribution in [3.05, 3.63) is 34.6 Å². The summed E-state index contributed by atoms with van der Waals surface area (Å²) in [5.41, 5.74) is 0.0443. The smallest absolute Gasteiger partial charge is 0.256 e. The summed E-state index contributed by atoms with van der Waals surface area (Å²) in [5.74, 6) is -0.933. The third-order valence-electron chi connectivity index (χ3n) is 1.93. The van der Waals surface area contributed by atoms with Gasteiger partial charge in [0.05, 0.1) is 5.56 Å². The lowest BCUT2D eigenvalue weighted by Gasteiger charge is -2.15. The number of nitrogens with zero attached hydrogens (tertiary/aromatic N) is 1. The minimum absolute atomic E-state index is 0.0443. The van der Waals surface area contributed by atoms with Gasteiger partial charge >= 0.3 is 0 Å². The molecule has 0 saturated heterocycles. The molecule has 0 aliphatic rings. The quantitative estimate of drug-likeness (QED) is 0.785. The number of hydrogen-bond donors (Lipinski definition) is 0. The molecule has 0 aliphatic carbocycles. The van der Waals surface area contributed by atoms with Crippen LogP contribution < -0.4 is 0 Å². The van der Waals surface area contributed by atoms with Crippen LogP contribution in [0.4, 0.5) is 4.39 Å². The predicted molar refractivity (Wildman–Crippen MR) is 62.2 cm³/mol. The van der Waals surface area contributed by atoms with Gasteiger partial charge in [-0.15, -0.1) is 0 Å². The van der Waals surface area contributed by atoms with E-state index in [-0.39, 0.29) is 16.5 Å². The Balaban J connectivity index is 2.91. The number of alkyl halides is 1. The Morgan fingerprint density at radius 3 is 2.80 bits per heavy atom. The summed E-state index contributed by atoms with van der Waals surface area (Å²) in [5, 5.41) is 0.942. The Hall–Kier alpha value is -0.610. The normalized spacial score (nSPS) is 10.1. The van der Waals surface area contributed by atoms with Gasteiger partial charge in [-0.2, -0.15) is 0 Å². The highest BCUT2D eigenvalue weighted by Crippen LogP contribution is 2.15. The van der Waals surface area contributed by atoms with Gasteiger partial charge in [-0.1, -0.05) is 27.5 Å². The minimum Gasteiger partial charge on any atom is -0.341 e. The summed E-state index contributed by atoms with van der Waals surface area (Å²) in [6, 6.07) is 4.03. The lowest BCUT2D eigenvalue weighted by Crippen LogP contribution is -2.29. The molecule has 1 aromatic carbocycles. The lowest BCUT2D eigenvalue weighted by atomic mass is 10.2. The summed E-state index contributed by atoms with van der Waals surface area (Å²) in [7, 11) is 1.62. The second-order valence-electron chi connectivity index (χ2n) is 3.04. The maximum absolute atomic E-state index is 13.4. The van der Waals surface area contributed by atoms with Gasteiger partial charge in [0, 0.05) is 23.9 Å². The highest BCUT2D eigenvalue weighted by molar-refractivity contribution is 9.09. The summed E-state index contributed by atoms with van der Waals surface area (Å²) >= 11 is 8.80. The van der Waals surface area contributed by atoms with Crippen LogP contribution in [0.25, 0.3) is 0 Å². The van der Waals surface area contributed by atoms with Gasteiger partial charge in [-0.05, 0) is 18.2 Å². The van der Waals surface area contributed by atoms with E-state index in [1.807, 2.05) is 0 Å². The zero-order valence-electron chi connectivity index (χ0n) is 8.14. The molecular weight excluding hydrogens is 284 g/mol.